The molecule has 2 atom stereocenters. The molecular formula is C11H14F3NO2. The molecule has 0 spiro atoms. The standard InChI is InChI=1S/C11H14F3NO2/c1-7(8(2)16)15-9-3-5-10(6-4-9)17-11(12,13)14/h3-8,15-16H,1-2H3. The molecule has 96 valence electrons. The van der Waals surface area contributed by atoms with Gasteiger partial charge in [-0.2, -0.15) is 0 Å². The van der Waals surface area contributed by atoms with Gasteiger partial charge in [0.25, 0.3) is 0 Å². The molecule has 2 unspecified atom stereocenters. The van der Waals surface area contributed by atoms with E-state index >= 15 is 0 Å². The number of aliphatic hydroxyl groups excluding tert-OH is 1. The number of nitrogens with one attached hydrogen (secondary N) is 1. The van der Waals surface area contributed by atoms with Gasteiger partial charge in [0, 0.05) is 11.7 Å². The van der Waals surface area contributed by atoms with Gasteiger partial charge in [0.2, 0.25) is 0 Å². The topological polar surface area (TPSA) is 41.5 Å². The molecule has 1 aromatic carbocycles. The Hall–Kier alpha value is -1.43. The number of benzene rings is 1. The minimum atomic E-state index is -4.68. The molecule has 2 N–H and O–H groups in total. The normalized spacial score (nSPS) is 15.2. The Morgan fingerprint density at radius 1 is 1.18 bits per heavy atom. The van der Waals surface area contributed by atoms with E-state index in [-0.39, 0.29) is 11.8 Å². The summed E-state index contributed by atoms with van der Waals surface area (Å²) in [5.41, 5.74) is 0.618. The van der Waals surface area contributed by atoms with Crippen molar-refractivity contribution in [2.75, 3.05) is 5.32 Å². The maximum Gasteiger partial charge on any atom is 0.573 e. The van der Waals surface area contributed by atoms with Gasteiger partial charge in [-0.05, 0) is 38.1 Å². The Bertz CT molecular complexity index is 349. The average Bonchev–Trinajstić information content (AvgIpc) is 2.18. The summed E-state index contributed by atoms with van der Waals surface area (Å²) in [5.74, 6) is -0.271. The number of halogens is 3. The lowest BCUT2D eigenvalue weighted by Gasteiger charge is -2.18. The van der Waals surface area contributed by atoms with Crippen LogP contribution in [0.15, 0.2) is 24.3 Å². The monoisotopic (exact) mass is 249 g/mol. The molecule has 1 rings (SSSR count). The fourth-order valence-electron chi connectivity index (χ4n) is 1.14. The minimum absolute atomic E-state index is 0.190. The molecule has 0 aromatic heterocycles. The van der Waals surface area contributed by atoms with E-state index in [1.165, 1.54) is 24.3 Å². The van der Waals surface area contributed by atoms with Crippen LogP contribution in [0.4, 0.5) is 18.9 Å². The van der Waals surface area contributed by atoms with Crippen LogP contribution in [0.2, 0.25) is 0 Å². The molecule has 0 amide bonds. The van der Waals surface area contributed by atoms with Gasteiger partial charge in [-0.3, -0.25) is 0 Å². The zero-order valence-corrected chi connectivity index (χ0v) is 9.45. The van der Waals surface area contributed by atoms with Gasteiger partial charge in [0.15, 0.2) is 0 Å². The molecule has 0 aliphatic carbocycles. The average molecular weight is 249 g/mol. The van der Waals surface area contributed by atoms with E-state index in [2.05, 4.69) is 10.1 Å². The third-order valence-electron chi connectivity index (χ3n) is 2.21. The highest BCUT2D eigenvalue weighted by atomic mass is 19.4. The number of rotatable bonds is 4. The summed E-state index contributed by atoms with van der Waals surface area (Å²) in [6.45, 7) is 3.39. The zero-order chi connectivity index (χ0) is 13.1. The fourth-order valence-corrected chi connectivity index (χ4v) is 1.14. The number of hydrogen-bond donors (Lipinski definition) is 2. The first-order chi connectivity index (χ1) is 7.78. The molecule has 0 radical (unpaired) electrons. The van der Waals surface area contributed by atoms with Crippen LogP contribution in [0, 0.1) is 0 Å². The molecule has 6 heteroatoms. The lowest BCUT2D eigenvalue weighted by atomic mass is 10.2. The summed E-state index contributed by atoms with van der Waals surface area (Å²) < 4.78 is 39.4. The van der Waals surface area contributed by atoms with E-state index < -0.39 is 12.5 Å². The highest BCUT2D eigenvalue weighted by molar-refractivity contribution is 5.47. The van der Waals surface area contributed by atoms with Gasteiger partial charge in [0.05, 0.1) is 6.10 Å². The zero-order valence-electron chi connectivity index (χ0n) is 9.45. The van der Waals surface area contributed by atoms with E-state index in [1.54, 1.807) is 13.8 Å². The number of aliphatic hydroxyl groups is 1. The number of hydrogen-bond acceptors (Lipinski definition) is 3. The van der Waals surface area contributed by atoms with Gasteiger partial charge in [-0.25, -0.2) is 0 Å². The summed E-state index contributed by atoms with van der Waals surface area (Å²) in [4.78, 5) is 0. The lowest BCUT2D eigenvalue weighted by Crippen LogP contribution is -2.27. The van der Waals surface area contributed by atoms with Crippen LogP contribution < -0.4 is 10.1 Å². The van der Waals surface area contributed by atoms with Gasteiger partial charge in [-0.15, -0.1) is 13.2 Å². The Morgan fingerprint density at radius 3 is 2.12 bits per heavy atom. The lowest BCUT2D eigenvalue weighted by molar-refractivity contribution is -0.274. The first kappa shape index (κ1) is 13.6. The maximum atomic E-state index is 11.9. The van der Waals surface area contributed by atoms with Gasteiger partial charge in [0.1, 0.15) is 5.75 Å². The van der Waals surface area contributed by atoms with Crippen LogP contribution >= 0.6 is 0 Å². The number of ether oxygens (including phenoxy) is 1. The summed E-state index contributed by atoms with van der Waals surface area (Å²) in [6.07, 6.45) is -5.23. The molecule has 0 aliphatic rings. The van der Waals surface area contributed by atoms with Crippen LogP contribution in [0.1, 0.15) is 13.8 Å². The van der Waals surface area contributed by atoms with Crippen molar-refractivity contribution < 1.29 is 23.0 Å². The van der Waals surface area contributed by atoms with Crippen LogP contribution in [0.5, 0.6) is 5.75 Å². The Balaban J connectivity index is 2.62. The van der Waals surface area contributed by atoms with Crippen molar-refractivity contribution in [2.45, 2.75) is 32.4 Å². The Morgan fingerprint density at radius 2 is 1.71 bits per heavy atom. The molecule has 0 fully saturated rings. The third-order valence-corrected chi connectivity index (χ3v) is 2.21. The van der Waals surface area contributed by atoms with Crippen molar-refractivity contribution in [3.63, 3.8) is 0 Å². The second kappa shape index (κ2) is 5.27. The summed E-state index contributed by atoms with van der Waals surface area (Å²) in [7, 11) is 0. The summed E-state index contributed by atoms with van der Waals surface area (Å²) >= 11 is 0. The van der Waals surface area contributed by atoms with E-state index in [4.69, 9.17) is 0 Å². The number of alkyl halides is 3. The second-order valence-electron chi connectivity index (χ2n) is 3.75. The maximum absolute atomic E-state index is 11.9. The van der Waals surface area contributed by atoms with Crippen molar-refractivity contribution in [3.05, 3.63) is 24.3 Å². The predicted molar refractivity (Wildman–Crippen MR) is 57.9 cm³/mol. The Kier molecular flexibility index (Phi) is 4.22. The van der Waals surface area contributed by atoms with Crippen molar-refractivity contribution in [1.29, 1.82) is 0 Å². The van der Waals surface area contributed by atoms with Crippen molar-refractivity contribution in [3.8, 4) is 5.75 Å². The summed E-state index contributed by atoms with van der Waals surface area (Å²) in [6, 6.07) is 5.15. The largest absolute Gasteiger partial charge is 0.573 e. The smallest absolute Gasteiger partial charge is 0.406 e. The van der Waals surface area contributed by atoms with Crippen molar-refractivity contribution >= 4 is 5.69 Å². The molecule has 0 saturated carbocycles. The SMILES string of the molecule is CC(O)C(C)Nc1ccc(OC(F)(F)F)cc1. The molecule has 0 bridgehead atoms. The Labute approximate surface area is 97.2 Å². The van der Waals surface area contributed by atoms with Crippen molar-refractivity contribution in [1.82, 2.24) is 0 Å². The van der Waals surface area contributed by atoms with E-state index in [1.807, 2.05) is 0 Å². The van der Waals surface area contributed by atoms with E-state index in [0.29, 0.717) is 5.69 Å². The van der Waals surface area contributed by atoms with Crippen LogP contribution in [0.25, 0.3) is 0 Å². The van der Waals surface area contributed by atoms with Crippen LogP contribution in [-0.4, -0.2) is 23.6 Å². The predicted octanol–water partition coefficient (Wildman–Crippen LogP) is 2.77. The molecule has 1 aromatic rings. The highest BCUT2D eigenvalue weighted by Gasteiger charge is 2.30. The quantitative estimate of drug-likeness (QED) is 0.862. The molecular weight excluding hydrogens is 235 g/mol. The first-order valence-electron chi connectivity index (χ1n) is 5.08. The highest BCUT2D eigenvalue weighted by Crippen LogP contribution is 2.24. The molecule has 0 heterocycles. The minimum Gasteiger partial charge on any atom is -0.406 e. The number of anilines is 1. The molecule has 0 saturated heterocycles. The molecule has 3 nitrogen and oxygen atoms in total. The van der Waals surface area contributed by atoms with Gasteiger partial charge >= 0.3 is 6.36 Å². The fraction of sp³-hybridized carbons (Fsp3) is 0.455. The van der Waals surface area contributed by atoms with E-state index in [0.717, 1.165) is 0 Å². The van der Waals surface area contributed by atoms with Crippen molar-refractivity contribution in [2.24, 2.45) is 0 Å². The van der Waals surface area contributed by atoms with Gasteiger partial charge in [-0.1, -0.05) is 0 Å². The van der Waals surface area contributed by atoms with Crippen LogP contribution in [-0.2, 0) is 0 Å². The third kappa shape index (κ3) is 4.95. The molecule has 0 aliphatic heterocycles. The van der Waals surface area contributed by atoms with Gasteiger partial charge < -0.3 is 15.2 Å². The molecule has 17 heavy (non-hydrogen) atoms. The first-order valence-corrected chi connectivity index (χ1v) is 5.08. The van der Waals surface area contributed by atoms with Crippen LogP contribution in [0.3, 0.4) is 0 Å². The second-order valence-corrected chi connectivity index (χ2v) is 3.75. The van der Waals surface area contributed by atoms with E-state index in [9.17, 15) is 18.3 Å². The summed E-state index contributed by atoms with van der Waals surface area (Å²) in [5, 5.41) is 12.2.